The number of nitrogens with zero attached hydrogens (tertiary/aromatic N) is 2. The Hall–Kier alpha value is -0.380. The monoisotopic (exact) mass is 536 g/mol. The highest BCUT2D eigenvalue weighted by molar-refractivity contribution is 14.0. The number of hydrogen-bond donors (Lipinski definition) is 2. The van der Waals surface area contributed by atoms with E-state index in [1.165, 1.54) is 12.0 Å². The summed E-state index contributed by atoms with van der Waals surface area (Å²) in [5.41, 5.74) is 1.41. The number of rotatable bonds is 7. The molecule has 2 N–H and O–H groups in total. The van der Waals surface area contributed by atoms with Crippen molar-refractivity contribution in [3.63, 3.8) is 0 Å². The fourth-order valence-electron chi connectivity index (χ4n) is 3.24. The Kier molecular flexibility index (Phi) is 9.66. The number of ether oxygens (including phenoxy) is 1. The summed E-state index contributed by atoms with van der Waals surface area (Å²) in [7, 11) is 0. The Morgan fingerprint density at radius 3 is 2.69 bits per heavy atom. The molecular weight excluding hydrogens is 507 g/mol. The topological polar surface area (TPSA) is 48.9 Å². The van der Waals surface area contributed by atoms with Gasteiger partial charge in [0.15, 0.2) is 5.96 Å². The van der Waals surface area contributed by atoms with Gasteiger partial charge >= 0.3 is 0 Å². The molecule has 7 heteroatoms. The maximum atomic E-state index is 5.39. The largest absolute Gasteiger partial charge is 0.379 e. The molecular formula is C19H30BrIN4O. The molecule has 0 bridgehead atoms. The van der Waals surface area contributed by atoms with E-state index in [2.05, 4.69) is 62.7 Å². The first kappa shape index (κ1) is 21.9. The van der Waals surface area contributed by atoms with Gasteiger partial charge < -0.3 is 15.4 Å². The standard InChI is InChI=1S/C19H29BrN4O.HI/c1-2-21-19(22-8-3-9-24-10-12-25-13-11-24)23-18-14-17(18)15-4-6-16(20)7-5-15;/h4-7,17-18H,2-3,8-14H2,1H3,(H2,21,22,23);1H. The average Bonchev–Trinajstić information content (AvgIpc) is 3.39. The lowest BCUT2D eigenvalue weighted by atomic mass is 10.1. The molecule has 0 amide bonds. The molecule has 1 saturated carbocycles. The highest BCUT2D eigenvalue weighted by atomic mass is 127. The molecule has 2 aliphatic rings. The smallest absolute Gasteiger partial charge is 0.191 e. The van der Waals surface area contributed by atoms with Gasteiger partial charge in [-0.25, -0.2) is 0 Å². The van der Waals surface area contributed by atoms with Crippen molar-refractivity contribution in [2.45, 2.75) is 31.7 Å². The van der Waals surface area contributed by atoms with Gasteiger partial charge in [-0.3, -0.25) is 9.89 Å². The van der Waals surface area contributed by atoms with Gasteiger partial charge in [-0.15, -0.1) is 24.0 Å². The second-order valence-corrected chi connectivity index (χ2v) is 7.63. The lowest BCUT2D eigenvalue weighted by Gasteiger charge is -2.26. The van der Waals surface area contributed by atoms with E-state index < -0.39 is 0 Å². The van der Waals surface area contributed by atoms with E-state index >= 15 is 0 Å². The molecule has 1 aliphatic heterocycles. The van der Waals surface area contributed by atoms with E-state index in [9.17, 15) is 0 Å². The van der Waals surface area contributed by atoms with Gasteiger partial charge in [0.1, 0.15) is 0 Å². The summed E-state index contributed by atoms with van der Waals surface area (Å²) in [5, 5.41) is 6.96. The minimum absolute atomic E-state index is 0. The van der Waals surface area contributed by atoms with Crippen LogP contribution in [0.3, 0.4) is 0 Å². The van der Waals surface area contributed by atoms with Crippen molar-refractivity contribution in [3.8, 4) is 0 Å². The quantitative estimate of drug-likeness (QED) is 0.243. The Bertz CT molecular complexity index is 563. The predicted molar refractivity (Wildman–Crippen MR) is 122 cm³/mol. The lowest BCUT2D eigenvalue weighted by Crippen LogP contribution is -2.39. The first-order valence-electron chi connectivity index (χ1n) is 9.36. The van der Waals surface area contributed by atoms with E-state index in [0.717, 1.165) is 62.8 Å². The average molecular weight is 537 g/mol. The number of nitrogens with one attached hydrogen (secondary N) is 2. The van der Waals surface area contributed by atoms with Crippen LogP contribution in [0.25, 0.3) is 0 Å². The van der Waals surface area contributed by atoms with Crippen LogP contribution in [0.15, 0.2) is 33.7 Å². The Morgan fingerprint density at radius 2 is 2.00 bits per heavy atom. The number of aliphatic imine (C=N–C) groups is 1. The van der Waals surface area contributed by atoms with Crippen LogP contribution < -0.4 is 10.6 Å². The van der Waals surface area contributed by atoms with Crippen molar-refractivity contribution in [1.82, 2.24) is 15.5 Å². The Morgan fingerprint density at radius 1 is 1.27 bits per heavy atom. The van der Waals surface area contributed by atoms with Crippen LogP contribution in [0.1, 0.15) is 31.2 Å². The maximum Gasteiger partial charge on any atom is 0.191 e. The van der Waals surface area contributed by atoms with Crippen molar-refractivity contribution in [1.29, 1.82) is 0 Å². The van der Waals surface area contributed by atoms with E-state index in [0.29, 0.717) is 12.0 Å². The van der Waals surface area contributed by atoms with E-state index in [1.54, 1.807) is 0 Å². The van der Waals surface area contributed by atoms with Gasteiger partial charge in [0.25, 0.3) is 0 Å². The van der Waals surface area contributed by atoms with Crippen LogP contribution in [-0.2, 0) is 4.74 Å². The normalized spacial score (nSPS) is 23.2. The summed E-state index contributed by atoms with van der Waals surface area (Å²) in [5.74, 6) is 1.55. The molecule has 0 aromatic heterocycles. The number of benzene rings is 1. The summed E-state index contributed by atoms with van der Waals surface area (Å²) in [6, 6.07) is 9.16. The zero-order valence-electron chi connectivity index (χ0n) is 15.4. The summed E-state index contributed by atoms with van der Waals surface area (Å²) >= 11 is 3.50. The minimum Gasteiger partial charge on any atom is -0.379 e. The molecule has 5 nitrogen and oxygen atoms in total. The van der Waals surface area contributed by atoms with E-state index in [-0.39, 0.29) is 24.0 Å². The van der Waals surface area contributed by atoms with E-state index in [4.69, 9.17) is 9.73 Å². The predicted octanol–water partition coefficient (Wildman–Crippen LogP) is 3.20. The molecule has 1 aliphatic carbocycles. The molecule has 1 aromatic rings. The first-order chi connectivity index (χ1) is 12.3. The molecule has 1 saturated heterocycles. The number of halogens is 2. The van der Waals surface area contributed by atoms with Gasteiger partial charge in [-0.05, 0) is 37.5 Å². The summed E-state index contributed by atoms with van der Waals surface area (Å²) in [6.07, 6.45) is 2.28. The van der Waals surface area contributed by atoms with Gasteiger partial charge in [-0.2, -0.15) is 0 Å². The molecule has 2 unspecified atom stereocenters. The molecule has 3 rings (SSSR count). The van der Waals surface area contributed by atoms with Gasteiger partial charge in [0, 0.05) is 49.2 Å². The van der Waals surface area contributed by atoms with Crippen LogP contribution in [0.2, 0.25) is 0 Å². The molecule has 2 fully saturated rings. The van der Waals surface area contributed by atoms with Crippen LogP contribution >= 0.6 is 39.9 Å². The zero-order chi connectivity index (χ0) is 17.5. The highest BCUT2D eigenvalue weighted by Crippen LogP contribution is 2.40. The molecule has 1 heterocycles. The zero-order valence-corrected chi connectivity index (χ0v) is 19.3. The first-order valence-corrected chi connectivity index (χ1v) is 10.2. The van der Waals surface area contributed by atoms with Crippen molar-refractivity contribution >= 4 is 45.9 Å². The maximum absolute atomic E-state index is 5.39. The van der Waals surface area contributed by atoms with Crippen molar-refractivity contribution < 1.29 is 4.74 Å². The van der Waals surface area contributed by atoms with Crippen molar-refractivity contribution in [3.05, 3.63) is 34.3 Å². The Labute approximate surface area is 182 Å². The molecule has 1 aromatic carbocycles. The minimum atomic E-state index is 0. The second-order valence-electron chi connectivity index (χ2n) is 6.71. The van der Waals surface area contributed by atoms with Crippen molar-refractivity contribution in [2.24, 2.45) is 4.99 Å². The van der Waals surface area contributed by atoms with E-state index in [1.807, 2.05) is 0 Å². The second kappa shape index (κ2) is 11.5. The number of morpholine rings is 1. The van der Waals surface area contributed by atoms with Crippen LogP contribution in [-0.4, -0.2) is 62.8 Å². The van der Waals surface area contributed by atoms with Gasteiger partial charge in [0.05, 0.1) is 13.2 Å². The van der Waals surface area contributed by atoms with Crippen LogP contribution in [0.5, 0.6) is 0 Å². The molecule has 0 radical (unpaired) electrons. The van der Waals surface area contributed by atoms with Crippen LogP contribution in [0, 0.1) is 0 Å². The molecule has 0 spiro atoms. The third-order valence-corrected chi connectivity index (χ3v) is 5.29. The number of guanidine groups is 1. The fourth-order valence-corrected chi connectivity index (χ4v) is 3.50. The lowest BCUT2D eigenvalue weighted by molar-refractivity contribution is 0.0377. The molecule has 146 valence electrons. The van der Waals surface area contributed by atoms with Gasteiger partial charge in [-0.1, -0.05) is 28.1 Å². The molecule has 26 heavy (non-hydrogen) atoms. The SMILES string of the molecule is CCNC(=NCCCN1CCOCC1)NC1CC1c1ccc(Br)cc1.I. The third kappa shape index (κ3) is 6.98. The summed E-state index contributed by atoms with van der Waals surface area (Å²) in [6.45, 7) is 8.83. The highest BCUT2D eigenvalue weighted by Gasteiger charge is 2.38. The van der Waals surface area contributed by atoms with Crippen molar-refractivity contribution in [2.75, 3.05) is 45.9 Å². The van der Waals surface area contributed by atoms with Gasteiger partial charge in [0.2, 0.25) is 0 Å². The Balaban J connectivity index is 0.00000243. The third-order valence-electron chi connectivity index (χ3n) is 4.76. The summed E-state index contributed by atoms with van der Waals surface area (Å²) in [4.78, 5) is 7.21. The fraction of sp³-hybridized carbons (Fsp3) is 0.632. The summed E-state index contributed by atoms with van der Waals surface area (Å²) < 4.78 is 6.52. The molecule has 2 atom stereocenters. The number of hydrogen-bond acceptors (Lipinski definition) is 3. The van der Waals surface area contributed by atoms with Crippen LogP contribution in [0.4, 0.5) is 0 Å².